The molecular formula is C19H23N3O5S2. The molecule has 1 aliphatic heterocycles. The summed E-state index contributed by atoms with van der Waals surface area (Å²) in [4.78, 5) is 29.4. The Balaban J connectivity index is 1.61. The van der Waals surface area contributed by atoms with Gasteiger partial charge in [-0.15, -0.1) is 11.3 Å². The van der Waals surface area contributed by atoms with Crippen LogP contribution in [-0.2, 0) is 24.3 Å². The number of rotatable bonds is 7. The fraction of sp³-hybridized carbons (Fsp3) is 0.421. The SMILES string of the molecule is COC(=O)C[C@H](NC(=O)C1CCN(S(=O)(=O)c2cccnc2)CC1)c1cccs1. The van der Waals surface area contributed by atoms with Crippen molar-refractivity contribution in [1.29, 1.82) is 0 Å². The smallest absolute Gasteiger partial charge is 0.307 e. The molecule has 3 heterocycles. The molecule has 156 valence electrons. The van der Waals surface area contributed by atoms with Crippen LogP contribution in [0.25, 0.3) is 0 Å². The molecule has 1 atom stereocenters. The minimum Gasteiger partial charge on any atom is -0.469 e. The van der Waals surface area contributed by atoms with E-state index in [1.807, 2.05) is 17.5 Å². The van der Waals surface area contributed by atoms with E-state index in [-0.39, 0.29) is 36.2 Å². The predicted octanol–water partition coefficient (Wildman–Crippen LogP) is 1.96. The van der Waals surface area contributed by atoms with Gasteiger partial charge in [-0.05, 0) is 36.4 Å². The van der Waals surface area contributed by atoms with Gasteiger partial charge in [-0.1, -0.05) is 6.07 Å². The van der Waals surface area contributed by atoms with Crippen LogP contribution in [0.3, 0.4) is 0 Å². The number of piperidine rings is 1. The fourth-order valence-corrected chi connectivity index (χ4v) is 5.47. The number of ether oxygens (including phenoxy) is 1. The molecular weight excluding hydrogens is 414 g/mol. The Bertz CT molecular complexity index is 924. The van der Waals surface area contributed by atoms with E-state index in [2.05, 4.69) is 10.3 Å². The standard InChI is InChI=1S/C19H23N3O5S2/c1-27-18(23)12-16(17-5-3-11-28-17)21-19(24)14-6-9-22(10-7-14)29(25,26)15-4-2-8-20-13-15/h2-5,8,11,13-14,16H,6-7,9-10,12H2,1H3,(H,21,24)/t16-/m0/s1. The van der Waals surface area contributed by atoms with Crippen molar-refractivity contribution in [3.63, 3.8) is 0 Å². The molecule has 0 saturated carbocycles. The van der Waals surface area contributed by atoms with Crippen LogP contribution < -0.4 is 5.32 Å². The van der Waals surface area contributed by atoms with Gasteiger partial charge >= 0.3 is 5.97 Å². The minimum absolute atomic E-state index is 0.0526. The minimum atomic E-state index is -3.61. The van der Waals surface area contributed by atoms with Gasteiger partial charge in [-0.3, -0.25) is 14.6 Å². The number of hydrogen-bond donors (Lipinski definition) is 1. The second kappa shape index (κ2) is 9.47. The van der Waals surface area contributed by atoms with Crippen molar-refractivity contribution >= 4 is 33.2 Å². The highest BCUT2D eigenvalue weighted by atomic mass is 32.2. The van der Waals surface area contributed by atoms with Crippen LogP contribution in [-0.4, -0.2) is 49.8 Å². The van der Waals surface area contributed by atoms with Crippen molar-refractivity contribution in [3.05, 3.63) is 46.9 Å². The third-order valence-electron chi connectivity index (χ3n) is 4.90. The number of carbonyl (C=O) groups is 2. The molecule has 1 N–H and O–H groups in total. The molecule has 0 aromatic carbocycles. The zero-order valence-electron chi connectivity index (χ0n) is 16.0. The molecule has 29 heavy (non-hydrogen) atoms. The van der Waals surface area contributed by atoms with Crippen molar-refractivity contribution in [2.75, 3.05) is 20.2 Å². The summed E-state index contributed by atoms with van der Waals surface area (Å²) >= 11 is 1.46. The Labute approximate surface area is 173 Å². The largest absolute Gasteiger partial charge is 0.469 e. The number of hydrogen-bond acceptors (Lipinski definition) is 7. The maximum atomic E-state index is 12.8. The first-order valence-electron chi connectivity index (χ1n) is 9.22. The summed E-state index contributed by atoms with van der Waals surface area (Å²) in [5, 5.41) is 4.81. The van der Waals surface area contributed by atoms with E-state index in [1.54, 1.807) is 6.07 Å². The molecule has 0 radical (unpaired) electrons. The Hall–Kier alpha value is -2.30. The maximum Gasteiger partial charge on any atom is 0.307 e. The summed E-state index contributed by atoms with van der Waals surface area (Å²) in [6.07, 6.45) is 3.74. The molecule has 0 unspecified atom stereocenters. The Morgan fingerprint density at radius 1 is 1.31 bits per heavy atom. The van der Waals surface area contributed by atoms with Gasteiger partial charge in [0.05, 0.1) is 19.6 Å². The van der Waals surface area contributed by atoms with Gasteiger partial charge in [0.1, 0.15) is 4.90 Å². The number of sulfonamides is 1. The Morgan fingerprint density at radius 3 is 2.66 bits per heavy atom. The van der Waals surface area contributed by atoms with Gasteiger partial charge in [-0.25, -0.2) is 8.42 Å². The Kier molecular flexibility index (Phi) is 6.99. The van der Waals surface area contributed by atoms with Crippen molar-refractivity contribution in [2.24, 2.45) is 5.92 Å². The van der Waals surface area contributed by atoms with Gasteiger partial charge in [0.15, 0.2) is 0 Å². The molecule has 8 nitrogen and oxygen atoms in total. The van der Waals surface area contributed by atoms with E-state index in [4.69, 9.17) is 4.74 Å². The summed E-state index contributed by atoms with van der Waals surface area (Å²) in [5.74, 6) is -0.887. The quantitative estimate of drug-likeness (QED) is 0.664. The molecule has 1 aliphatic rings. The lowest BCUT2D eigenvalue weighted by Gasteiger charge is -2.31. The van der Waals surface area contributed by atoms with Gasteiger partial charge in [0.25, 0.3) is 0 Å². The number of thiophene rings is 1. The topological polar surface area (TPSA) is 106 Å². The first kappa shape index (κ1) is 21.4. The highest BCUT2D eigenvalue weighted by Gasteiger charge is 2.33. The molecule has 0 aliphatic carbocycles. The average Bonchev–Trinajstić information content (AvgIpc) is 3.28. The molecule has 0 spiro atoms. The van der Waals surface area contributed by atoms with Crippen LogP contribution >= 0.6 is 11.3 Å². The van der Waals surface area contributed by atoms with E-state index in [9.17, 15) is 18.0 Å². The molecule has 2 aromatic rings. The lowest BCUT2D eigenvalue weighted by atomic mass is 9.96. The molecule has 1 amide bonds. The molecule has 0 bridgehead atoms. The third-order valence-corrected chi connectivity index (χ3v) is 7.77. The van der Waals surface area contributed by atoms with Gasteiger partial charge in [-0.2, -0.15) is 4.31 Å². The molecule has 3 rings (SSSR count). The molecule has 10 heteroatoms. The number of aromatic nitrogens is 1. The third kappa shape index (κ3) is 5.20. The monoisotopic (exact) mass is 437 g/mol. The highest BCUT2D eigenvalue weighted by molar-refractivity contribution is 7.89. The van der Waals surface area contributed by atoms with Gasteiger partial charge in [0, 0.05) is 36.3 Å². The molecule has 2 aromatic heterocycles. The van der Waals surface area contributed by atoms with E-state index in [1.165, 1.54) is 41.2 Å². The van der Waals surface area contributed by atoms with Crippen LogP contribution in [0.4, 0.5) is 0 Å². The number of methoxy groups -OCH3 is 1. The summed E-state index contributed by atoms with van der Waals surface area (Å²) in [7, 11) is -2.30. The number of esters is 1. The van der Waals surface area contributed by atoms with Gasteiger partial charge in [0.2, 0.25) is 15.9 Å². The van der Waals surface area contributed by atoms with Gasteiger partial charge < -0.3 is 10.1 Å². The molecule has 1 fully saturated rings. The summed E-state index contributed by atoms with van der Waals surface area (Å²) in [5.41, 5.74) is 0. The van der Waals surface area contributed by atoms with Crippen molar-refractivity contribution in [1.82, 2.24) is 14.6 Å². The number of nitrogens with zero attached hydrogens (tertiary/aromatic N) is 2. The lowest BCUT2D eigenvalue weighted by Crippen LogP contribution is -2.43. The van der Waals surface area contributed by atoms with Crippen molar-refractivity contribution < 1.29 is 22.7 Å². The Morgan fingerprint density at radius 2 is 2.07 bits per heavy atom. The van der Waals surface area contributed by atoms with E-state index < -0.39 is 22.0 Å². The van der Waals surface area contributed by atoms with Crippen LogP contribution in [0, 0.1) is 5.92 Å². The van der Waals surface area contributed by atoms with Crippen molar-refractivity contribution in [2.45, 2.75) is 30.2 Å². The number of pyridine rings is 1. The highest BCUT2D eigenvalue weighted by Crippen LogP contribution is 2.26. The average molecular weight is 438 g/mol. The zero-order valence-corrected chi connectivity index (χ0v) is 17.6. The van der Waals surface area contributed by atoms with Crippen LogP contribution in [0.2, 0.25) is 0 Å². The predicted molar refractivity (Wildman–Crippen MR) is 108 cm³/mol. The normalized spacial score (nSPS) is 16.9. The van der Waals surface area contributed by atoms with E-state index >= 15 is 0 Å². The zero-order chi connectivity index (χ0) is 20.9. The van der Waals surface area contributed by atoms with Crippen LogP contribution in [0.5, 0.6) is 0 Å². The second-order valence-electron chi connectivity index (χ2n) is 6.72. The summed E-state index contributed by atoms with van der Waals surface area (Å²) < 4.78 is 31.5. The molecule has 1 saturated heterocycles. The van der Waals surface area contributed by atoms with Crippen molar-refractivity contribution in [3.8, 4) is 0 Å². The number of nitrogens with one attached hydrogen (secondary N) is 1. The van der Waals surface area contributed by atoms with Crippen LogP contribution in [0.15, 0.2) is 46.9 Å². The summed E-state index contributed by atoms with van der Waals surface area (Å²) in [6.45, 7) is 0.520. The van der Waals surface area contributed by atoms with E-state index in [0.717, 1.165) is 4.88 Å². The van der Waals surface area contributed by atoms with Crippen LogP contribution in [0.1, 0.15) is 30.2 Å². The first-order chi connectivity index (χ1) is 13.9. The number of amides is 1. The lowest BCUT2D eigenvalue weighted by molar-refractivity contribution is -0.141. The summed E-state index contributed by atoms with van der Waals surface area (Å²) in [6, 6.07) is 6.37. The maximum absolute atomic E-state index is 12.8. The number of carbonyl (C=O) groups excluding carboxylic acids is 2. The second-order valence-corrected chi connectivity index (χ2v) is 9.64. The first-order valence-corrected chi connectivity index (χ1v) is 11.5. The van der Waals surface area contributed by atoms with E-state index in [0.29, 0.717) is 12.8 Å². The fourth-order valence-electron chi connectivity index (χ4n) is 3.26.